The molecular weight excluding hydrogens is 327 g/mol. The minimum Gasteiger partial charge on any atom is -0.494 e. The summed E-state index contributed by atoms with van der Waals surface area (Å²) in [5, 5.41) is 11.3. The van der Waals surface area contributed by atoms with E-state index in [-0.39, 0.29) is 17.6 Å². The molecule has 7 heteroatoms. The lowest BCUT2D eigenvalue weighted by molar-refractivity contribution is 0.385. The average Bonchev–Trinajstić information content (AvgIpc) is 2.77. The number of nitrogens with zero attached hydrogens (tertiary/aromatic N) is 3. The van der Waals surface area contributed by atoms with E-state index in [0.29, 0.717) is 4.60 Å². The number of ether oxygens (including phenoxy) is 1. The van der Waals surface area contributed by atoms with Gasteiger partial charge in [0, 0.05) is 7.05 Å². The zero-order valence-corrected chi connectivity index (χ0v) is 13.1. The Labute approximate surface area is 125 Å². The zero-order chi connectivity index (χ0) is 14.7. The van der Waals surface area contributed by atoms with Gasteiger partial charge in [0.1, 0.15) is 0 Å². The quantitative estimate of drug-likeness (QED) is 0.906. The van der Waals surface area contributed by atoms with Crippen molar-refractivity contribution in [3.63, 3.8) is 0 Å². The van der Waals surface area contributed by atoms with E-state index in [0.717, 1.165) is 17.8 Å². The van der Waals surface area contributed by atoms with E-state index >= 15 is 0 Å². The molecule has 20 heavy (non-hydrogen) atoms. The predicted octanol–water partition coefficient (Wildman–Crippen LogP) is 2.42. The Morgan fingerprint density at radius 3 is 2.80 bits per heavy atom. The first-order chi connectivity index (χ1) is 9.58. The van der Waals surface area contributed by atoms with Crippen LogP contribution in [-0.4, -0.2) is 28.6 Å². The maximum Gasteiger partial charge on any atom is 0.165 e. The Hall–Kier alpha value is -1.47. The normalized spacial score (nSPS) is 12.4. The molecule has 1 unspecified atom stereocenters. The van der Waals surface area contributed by atoms with Gasteiger partial charge in [-0.15, -0.1) is 5.10 Å². The first-order valence-corrected chi connectivity index (χ1v) is 6.99. The number of hydrogen-bond acceptors (Lipinski definition) is 4. The third-order valence-electron chi connectivity index (χ3n) is 3.02. The number of aryl methyl sites for hydroxylation is 1. The van der Waals surface area contributed by atoms with Crippen molar-refractivity contribution in [3.8, 4) is 5.75 Å². The molecule has 1 aromatic carbocycles. The molecule has 0 spiro atoms. The van der Waals surface area contributed by atoms with Crippen LogP contribution in [0.4, 0.5) is 4.39 Å². The summed E-state index contributed by atoms with van der Waals surface area (Å²) in [6.07, 6.45) is 0. The first-order valence-electron chi connectivity index (χ1n) is 6.20. The van der Waals surface area contributed by atoms with Gasteiger partial charge < -0.3 is 10.1 Å². The second-order valence-electron chi connectivity index (χ2n) is 4.27. The summed E-state index contributed by atoms with van der Waals surface area (Å²) >= 11 is 3.40. The smallest absolute Gasteiger partial charge is 0.165 e. The van der Waals surface area contributed by atoms with Gasteiger partial charge in [0.05, 0.1) is 18.8 Å². The summed E-state index contributed by atoms with van der Waals surface area (Å²) in [5.41, 5.74) is 1.76. The molecule has 5 nitrogen and oxygen atoms in total. The molecule has 1 atom stereocenters. The maximum absolute atomic E-state index is 13.5. The molecule has 0 bridgehead atoms. The summed E-state index contributed by atoms with van der Waals surface area (Å²) < 4.78 is 20.9. The van der Waals surface area contributed by atoms with Gasteiger partial charge in [0.25, 0.3) is 0 Å². The van der Waals surface area contributed by atoms with Crippen molar-refractivity contribution in [1.82, 2.24) is 20.3 Å². The Kier molecular flexibility index (Phi) is 4.72. The number of nitrogens with one attached hydrogen (secondary N) is 1. The van der Waals surface area contributed by atoms with Crippen molar-refractivity contribution < 1.29 is 9.13 Å². The van der Waals surface area contributed by atoms with Gasteiger partial charge in [-0.3, -0.25) is 0 Å². The predicted molar refractivity (Wildman–Crippen MR) is 77.2 cm³/mol. The average molecular weight is 343 g/mol. The Morgan fingerprint density at radius 2 is 2.25 bits per heavy atom. The molecule has 0 radical (unpaired) electrons. The second-order valence-corrected chi connectivity index (χ2v) is 5.02. The lowest BCUT2D eigenvalue weighted by Gasteiger charge is -2.19. The third-order valence-corrected chi connectivity index (χ3v) is 3.58. The molecule has 0 fully saturated rings. The summed E-state index contributed by atoms with van der Waals surface area (Å²) in [6, 6.07) is 4.66. The molecule has 0 aliphatic carbocycles. The van der Waals surface area contributed by atoms with Crippen LogP contribution in [-0.2, 0) is 7.05 Å². The number of aromatic nitrogens is 3. The zero-order valence-electron chi connectivity index (χ0n) is 11.5. The fourth-order valence-electron chi connectivity index (χ4n) is 2.08. The molecule has 108 valence electrons. The minimum absolute atomic E-state index is 0.149. The Balaban J connectivity index is 2.48. The number of methoxy groups -OCH3 is 1. The molecule has 2 aromatic rings. The highest BCUT2D eigenvalue weighted by Crippen LogP contribution is 2.29. The molecule has 0 amide bonds. The van der Waals surface area contributed by atoms with Crippen LogP contribution in [0.5, 0.6) is 5.75 Å². The number of benzene rings is 1. The maximum atomic E-state index is 13.5. The van der Waals surface area contributed by atoms with Gasteiger partial charge in [-0.1, -0.05) is 18.2 Å². The Morgan fingerprint density at radius 1 is 1.50 bits per heavy atom. The molecule has 1 aromatic heterocycles. The molecule has 0 aliphatic rings. The van der Waals surface area contributed by atoms with Crippen LogP contribution in [0.25, 0.3) is 0 Å². The first kappa shape index (κ1) is 14.9. The van der Waals surface area contributed by atoms with Gasteiger partial charge in [-0.05, 0) is 40.2 Å². The van der Waals surface area contributed by atoms with E-state index in [4.69, 9.17) is 4.74 Å². The van der Waals surface area contributed by atoms with Gasteiger partial charge in [0.15, 0.2) is 16.2 Å². The van der Waals surface area contributed by atoms with Crippen LogP contribution < -0.4 is 10.1 Å². The third kappa shape index (κ3) is 2.83. The van der Waals surface area contributed by atoms with Gasteiger partial charge in [-0.25, -0.2) is 9.07 Å². The van der Waals surface area contributed by atoms with Gasteiger partial charge in [-0.2, -0.15) is 0 Å². The molecule has 1 heterocycles. The topological polar surface area (TPSA) is 52.0 Å². The Bertz CT molecular complexity index is 583. The summed E-state index contributed by atoms with van der Waals surface area (Å²) in [7, 11) is 3.27. The van der Waals surface area contributed by atoms with E-state index < -0.39 is 0 Å². The number of rotatable bonds is 5. The highest BCUT2D eigenvalue weighted by atomic mass is 79.9. The van der Waals surface area contributed by atoms with E-state index in [1.807, 2.05) is 14.0 Å². The molecule has 0 aliphatic heterocycles. The standard InChI is InChI=1S/C13H16BrFN4O/c1-4-16-11(12-13(14)17-18-19(12)2)8-5-6-9(15)10(7-8)20-3/h5-7,11,16H,4H2,1-3H3. The number of halogens is 2. The largest absolute Gasteiger partial charge is 0.494 e. The molecule has 0 saturated heterocycles. The number of hydrogen-bond donors (Lipinski definition) is 1. The van der Waals surface area contributed by atoms with Gasteiger partial charge >= 0.3 is 0 Å². The molecule has 0 saturated carbocycles. The van der Waals surface area contributed by atoms with Crippen LogP contribution in [0.15, 0.2) is 22.8 Å². The van der Waals surface area contributed by atoms with Crippen LogP contribution in [0.3, 0.4) is 0 Å². The van der Waals surface area contributed by atoms with E-state index in [2.05, 4.69) is 31.6 Å². The minimum atomic E-state index is -0.381. The highest BCUT2D eigenvalue weighted by molar-refractivity contribution is 9.10. The second kappa shape index (κ2) is 6.32. The fourth-order valence-corrected chi connectivity index (χ4v) is 2.63. The van der Waals surface area contributed by atoms with Crippen LogP contribution in [0, 0.1) is 5.82 Å². The van der Waals surface area contributed by atoms with Crippen LogP contribution in [0.2, 0.25) is 0 Å². The molecule has 1 N–H and O–H groups in total. The van der Waals surface area contributed by atoms with Crippen molar-refractivity contribution in [2.75, 3.05) is 13.7 Å². The van der Waals surface area contributed by atoms with Crippen molar-refractivity contribution >= 4 is 15.9 Å². The van der Waals surface area contributed by atoms with Crippen molar-refractivity contribution in [1.29, 1.82) is 0 Å². The van der Waals surface area contributed by atoms with Crippen molar-refractivity contribution in [2.45, 2.75) is 13.0 Å². The van der Waals surface area contributed by atoms with E-state index in [1.54, 1.807) is 16.8 Å². The van der Waals surface area contributed by atoms with Crippen LogP contribution in [0.1, 0.15) is 24.2 Å². The molecule has 2 rings (SSSR count). The van der Waals surface area contributed by atoms with Crippen LogP contribution >= 0.6 is 15.9 Å². The van der Waals surface area contributed by atoms with Crippen molar-refractivity contribution in [3.05, 3.63) is 39.9 Å². The van der Waals surface area contributed by atoms with Crippen molar-refractivity contribution in [2.24, 2.45) is 7.05 Å². The monoisotopic (exact) mass is 342 g/mol. The highest BCUT2D eigenvalue weighted by Gasteiger charge is 2.22. The van der Waals surface area contributed by atoms with E-state index in [1.165, 1.54) is 13.2 Å². The fraction of sp³-hybridized carbons (Fsp3) is 0.385. The summed E-state index contributed by atoms with van der Waals surface area (Å²) in [4.78, 5) is 0. The molecular formula is C13H16BrFN4O. The lowest BCUT2D eigenvalue weighted by Crippen LogP contribution is -2.24. The summed E-state index contributed by atoms with van der Waals surface area (Å²) in [6.45, 7) is 2.76. The SMILES string of the molecule is CCNC(c1ccc(F)c(OC)c1)c1c(Br)nnn1C. The summed E-state index contributed by atoms with van der Waals surface area (Å²) in [5.74, 6) is -0.162. The van der Waals surface area contributed by atoms with E-state index in [9.17, 15) is 4.39 Å². The van der Waals surface area contributed by atoms with Gasteiger partial charge in [0.2, 0.25) is 0 Å². The lowest BCUT2D eigenvalue weighted by atomic mass is 10.0.